The average molecular weight is 471 g/mol. The molecular weight excluding hydrogens is 436 g/mol. The molecule has 2 fully saturated rings. The molecule has 1 saturated carbocycles. The van der Waals surface area contributed by atoms with Crippen molar-refractivity contribution in [2.45, 2.75) is 69.6 Å². The van der Waals surface area contributed by atoms with E-state index >= 15 is 0 Å². The Morgan fingerprint density at radius 1 is 1.09 bits per heavy atom. The number of benzene rings is 1. The zero-order valence-corrected chi connectivity index (χ0v) is 20.4. The number of anilines is 1. The second-order valence-electron chi connectivity index (χ2n) is 9.55. The second-order valence-corrected chi connectivity index (χ2v) is 10.7. The van der Waals surface area contributed by atoms with Crippen LogP contribution in [-0.2, 0) is 9.59 Å². The van der Waals surface area contributed by atoms with E-state index in [2.05, 4.69) is 22.1 Å². The SMILES string of the molecule is CC1CCC(N(C)C(=O)c2ccc(NC(=O)CC3SC(N4CCCCC4)=NC3=O)cc2)CC1. The fraction of sp³-hybridized carbons (Fsp3) is 0.600. The van der Waals surface area contributed by atoms with Crippen LogP contribution >= 0.6 is 11.8 Å². The second kappa shape index (κ2) is 10.7. The number of amidine groups is 1. The molecule has 2 aliphatic heterocycles. The molecule has 0 spiro atoms. The minimum absolute atomic E-state index is 0.0165. The van der Waals surface area contributed by atoms with Gasteiger partial charge in [-0.25, -0.2) is 0 Å². The van der Waals surface area contributed by atoms with E-state index in [0.29, 0.717) is 17.3 Å². The molecular formula is C25H34N4O3S. The third-order valence-corrected chi connectivity index (χ3v) is 8.21. The number of carbonyl (C=O) groups is 3. The zero-order valence-electron chi connectivity index (χ0n) is 19.6. The number of piperidine rings is 1. The number of thioether (sulfide) groups is 1. The molecule has 33 heavy (non-hydrogen) atoms. The topological polar surface area (TPSA) is 82.1 Å². The average Bonchev–Trinajstić information content (AvgIpc) is 3.19. The van der Waals surface area contributed by atoms with Crippen LogP contribution in [0.3, 0.4) is 0 Å². The van der Waals surface area contributed by atoms with E-state index in [0.717, 1.165) is 49.9 Å². The molecule has 1 aromatic rings. The number of likely N-dealkylation sites (tertiary alicyclic amines) is 1. The van der Waals surface area contributed by atoms with Gasteiger partial charge in [0.25, 0.3) is 11.8 Å². The van der Waals surface area contributed by atoms with Gasteiger partial charge >= 0.3 is 0 Å². The van der Waals surface area contributed by atoms with Gasteiger partial charge in [0.2, 0.25) is 5.91 Å². The third-order valence-electron chi connectivity index (χ3n) is 7.00. The highest BCUT2D eigenvalue weighted by Gasteiger charge is 2.33. The quantitative estimate of drug-likeness (QED) is 0.699. The van der Waals surface area contributed by atoms with Crippen molar-refractivity contribution < 1.29 is 14.4 Å². The Hall–Kier alpha value is -2.35. The maximum Gasteiger partial charge on any atom is 0.262 e. The number of hydrogen-bond acceptors (Lipinski definition) is 5. The maximum absolute atomic E-state index is 12.9. The third kappa shape index (κ3) is 5.96. The number of nitrogens with zero attached hydrogens (tertiary/aromatic N) is 3. The first-order valence-electron chi connectivity index (χ1n) is 12.1. The summed E-state index contributed by atoms with van der Waals surface area (Å²) in [5, 5.41) is 3.15. The summed E-state index contributed by atoms with van der Waals surface area (Å²) in [6, 6.07) is 7.31. The molecule has 1 aromatic carbocycles. The van der Waals surface area contributed by atoms with Crippen LogP contribution in [0.1, 0.15) is 68.6 Å². The molecule has 1 saturated heterocycles. The van der Waals surface area contributed by atoms with Crippen LogP contribution in [-0.4, -0.2) is 64.1 Å². The van der Waals surface area contributed by atoms with E-state index in [1.807, 2.05) is 11.9 Å². The Morgan fingerprint density at radius 3 is 2.42 bits per heavy atom. The molecule has 1 N–H and O–H groups in total. The first-order valence-corrected chi connectivity index (χ1v) is 13.0. The predicted molar refractivity (Wildman–Crippen MR) is 132 cm³/mol. The lowest BCUT2D eigenvalue weighted by atomic mass is 9.86. The van der Waals surface area contributed by atoms with Crippen LogP contribution in [0.5, 0.6) is 0 Å². The van der Waals surface area contributed by atoms with E-state index in [4.69, 9.17) is 0 Å². The molecule has 4 rings (SSSR count). The van der Waals surface area contributed by atoms with Gasteiger partial charge in [-0.1, -0.05) is 18.7 Å². The molecule has 1 aliphatic carbocycles. The van der Waals surface area contributed by atoms with Crippen LogP contribution < -0.4 is 5.32 Å². The number of rotatable bonds is 5. The van der Waals surface area contributed by atoms with Gasteiger partial charge in [0, 0.05) is 43.9 Å². The first kappa shape index (κ1) is 23.8. The van der Waals surface area contributed by atoms with Gasteiger partial charge in [-0.2, -0.15) is 4.99 Å². The maximum atomic E-state index is 12.9. The molecule has 1 unspecified atom stereocenters. The van der Waals surface area contributed by atoms with Crippen molar-refractivity contribution in [1.82, 2.24) is 9.80 Å². The van der Waals surface area contributed by atoms with Crippen molar-refractivity contribution in [2.75, 3.05) is 25.5 Å². The highest BCUT2D eigenvalue weighted by Crippen LogP contribution is 2.30. The summed E-state index contributed by atoms with van der Waals surface area (Å²) in [6.07, 6.45) is 7.99. The number of aliphatic imine (C=N–C) groups is 1. The van der Waals surface area contributed by atoms with Gasteiger partial charge in [-0.05, 0) is 75.1 Å². The number of amides is 3. The van der Waals surface area contributed by atoms with Gasteiger partial charge in [-0.3, -0.25) is 14.4 Å². The predicted octanol–water partition coefficient (Wildman–Crippen LogP) is 4.15. The van der Waals surface area contributed by atoms with E-state index in [1.54, 1.807) is 24.3 Å². The number of carbonyl (C=O) groups excluding carboxylic acids is 3. The van der Waals surface area contributed by atoms with E-state index < -0.39 is 5.25 Å². The Morgan fingerprint density at radius 2 is 1.76 bits per heavy atom. The smallest absolute Gasteiger partial charge is 0.262 e. The van der Waals surface area contributed by atoms with Crippen LogP contribution in [0.2, 0.25) is 0 Å². The van der Waals surface area contributed by atoms with Crippen LogP contribution in [0.25, 0.3) is 0 Å². The highest BCUT2D eigenvalue weighted by atomic mass is 32.2. The van der Waals surface area contributed by atoms with Gasteiger partial charge in [0.15, 0.2) is 5.17 Å². The molecule has 0 radical (unpaired) electrons. The van der Waals surface area contributed by atoms with Crippen LogP contribution in [0, 0.1) is 5.92 Å². The standard InChI is InChI=1S/C25H34N4O3S/c1-17-6-12-20(13-7-17)28(2)24(32)18-8-10-19(11-9-18)26-22(30)16-21-23(31)27-25(33-21)29-14-4-3-5-15-29/h8-11,17,20-21H,3-7,12-16H2,1-2H3,(H,26,30). The Kier molecular flexibility index (Phi) is 7.73. The van der Waals surface area contributed by atoms with E-state index in [1.165, 1.54) is 31.0 Å². The van der Waals surface area contributed by atoms with E-state index in [9.17, 15) is 14.4 Å². The summed E-state index contributed by atoms with van der Waals surface area (Å²) in [5.74, 6) is 0.316. The summed E-state index contributed by atoms with van der Waals surface area (Å²) in [4.78, 5) is 45.9. The van der Waals surface area contributed by atoms with Crippen molar-refractivity contribution in [2.24, 2.45) is 10.9 Å². The largest absolute Gasteiger partial charge is 0.351 e. The first-order chi connectivity index (χ1) is 15.9. The van der Waals surface area contributed by atoms with Crippen molar-refractivity contribution >= 4 is 40.3 Å². The molecule has 1 atom stereocenters. The molecule has 0 aromatic heterocycles. The lowest BCUT2D eigenvalue weighted by Crippen LogP contribution is -2.39. The Bertz CT molecular complexity index is 903. The van der Waals surface area contributed by atoms with Gasteiger partial charge < -0.3 is 15.1 Å². The van der Waals surface area contributed by atoms with Crippen molar-refractivity contribution in [1.29, 1.82) is 0 Å². The lowest BCUT2D eigenvalue weighted by molar-refractivity contribution is -0.121. The number of nitrogens with one attached hydrogen (secondary N) is 1. The summed E-state index contributed by atoms with van der Waals surface area (Å²) in [7, 11) is 1.88. The normalized spacial score (nSPS) is 25.5. The summed E-state index contributed by atoms with van der Waals surface area (Å²) >= 11 is 1.40. The monoisotopic (exact) mass is 470 g/mol. The fourth-order valence-corrected chi connectivity index (χ4v) is 5.92. The zero-order chi connectivity index (χ0) is 23.4. The molecule has 3 amide bonds. The highest BCUT2D eigenvalue weighted by molar-refractivity contribution is 8.15. The lowest BCUT2D eigenvalue weighted by Gasteiger charge is -2.33. The summed E-state index contributed by atoms with van der Waals surface area (Å²) < 4.78 is 0. The molecule has 3 aliphatic rings. The van der Waals surface area contributed by atoms with Gasteiger partial charge in [-0.15, -0.1) is 0 Å². The van der Waals surface area contributed by atoms with E-state index in [-0.39, 0.29) is 24.1 Å². The molecule has 0 bridgehead atoms. The minimum Gasteiger partial charge on any atom is -0.351 e. The number of hydrogen-bond donors (Lipinski definition) is 1. The molecule has 8 heteroatoms. The van der Waals surface area contributed by atoms with Gasteiger partial charge in [0.1, 0.15) is 5.25 Å². The molecule has 7 nitrogen and oxygen atoms in total. The molecule has 178 valence electrons. The van der Waals surface area contributed by atoms with Gasteiger partial charge in [0.05, 0.1) is 0 Å². The van der Waals surface area contributed by atoms with Crippen LogP contribution in [0.15, 0.2) is 29.3 Å². The Labute approximate surface area is 200 Å². The summed E-state index contributed by atoms with van der Waals surface area (Å²) in [5.41, 5.74) is 1.24. The van der Waals surface area contributed by atoms with Crippen molar-refractivity contribution in [3.8, 4) is 0 Å². The fourth-order valence-electron chi connectivity index (χ4n) is 4.81. The minimum atomic E-state index is -0.463. The van der Waals surface area contributed by atoms with Crippen molar-refractivity contribution in [3.63, 3.8) is 0 Å². The van der Waals surface area contributed by atoms with Crippen molar-refractivity contribution in [3.05, 3.63) is 29.8 Å². The van der Waals surface area contributed by atoms with Crippen LogP contribution in [0.4, 0.5) is 5.69 Å². The molecule has 2 heterocycles. The Balaban J connectivity index is 1.27. The summed E-state index contributed by atoms with van der Waals surface area (Å²) in [6.45, 7) is 4.13.